The first-order valence-electron chi connectivity index (χ1n) is 5.39. The number of carboxylic acid groups (broad SMARTS) is 1. The van der Waals surface area contributed by atoms with E-state index in [9.17, 15) is 9.59 Å². The molecule has 0 radical (unpaired) electrons. The maximum Gasteiger partial charge on any atom is 0.307 e. The van der Waals surface area contributed by atoms with Crippen LogP contribution in [-0.2, 0) is 9.59 Å². The molecule has 2 unspecified atom stereocenters. The molecule has 3 heteroatoms. The van der Waals surface area contributed by atoms with Crippen molar-refractivity contribution in [2.24, 2.45) is 23.2 Å². The zero-order chi connectivity index (χ0) is 11.2. The minimum atomic E-state index is -0.756. The van der Waals surface area contributed by atoms with E-state index >= 15 is 0 Å². The summed E-state index contributed by atoms with van der Waals surface area (Å²) in [5.74, 6) is -0.653. The highest BCUT2D eigenvalue weighted by Gasteiger charge is 2.60. The van der Waals surface area contributed by atoms with Crippen molar-refractivity contribution in [1.29, 1.82) is 0 Å². The van der Waals surface area contributed by atoms with E-state index in [1.807, 2.05) is 13.8 Å². The molecule has 0 heterocycles. The molecule has 0 aliphatic heterocycles. The second kappa shape index (κ2) is 3.19. The Hall–Kier alpha value is -1.12. The average Bonchev–Trinajstić information content (AvgIpc) is 2.96. The molecule has 2 aliphatic rings. The van der Waals surface area contributed by atoms with Crippen LogP contribution in [0.5, 0.6) is 0 Å². The van der Waals surface area contributed by atoms with Crippen LogP contribution in [0.2, 0.25) is 0 Å². The first-order chi connectivity index (χ1) is 6.94. The van der Waals surface area contributed by atoms with Crippen LogP contribution >= 0.6 is 0 Å². The van der Waals surface area contributed by atoms with Gasteiger partial charge >= 0.3 is 5.97 Å². The second-order valence-electron chi connectivity index (χ2n) is 5.20. The second-order valence-corrected chi connectivity index (χ2v) is 5.20. The van der Waals surface area contributed by atoms with E-state index in [1.165, 1.54) is 0 Å². The zero-order valence-electron chi connectivity index (χ0n) is 9.06. The summed E-state index contributed by atoms with van der Waals surface area (Å²) in [6, 6.07) is 0. The Bertz CT molecular complexity index is 337. The van der Waals surface area contributed by atoms with E-state index in [0.29, 0.717) is 0 Å². The van der Waals surface area contributed by atoms with Crippen LogP contribution in [0.3, 0.4) is 0 Å². The molecule has 0 spiro atoms. The van der Waals surface area contributed by atoms with Gasteiger partial charge in [0.15, 0.2) is 5.78 Å². The summed E-state index contributed by atoms with van der Waals surface area (Å²) in [6.45, 7) is 3.87. The normalized spacial score (nSPS) is 32.9. The molecular formula is C12H16O3. The van der Waals surface area contributed by atoms with Crippen molar-refractivity contribution in [3.05, 3.63) is 12.2 Å². The molecule has 15 heavy (non-hydrogen) atoms. The van der Waals surface area contributed by atoms with E-state index in [-0.39, 0.29) is 29.0 Å². The van der Waals surface area contributed by atoms with Gasteiger partial charge in [-0.3, -0.25) is 9.59 Å². The predicted octanol–water partition coefficient (Wildman–Crippen LogP) is 1.88. The minimum Gasteiger partial charge on any atom is -0.481 e. The van der Waals surface area contributed by atoms with Gasteiger partial charge in [0.05, 0.1) is 5.92 Å². The summed E-state index contributed by atoms with van der Waals surface area (Å²) in [7, 11) is 0. The summed E-state index contributed by atoms with van der Waals surface area (Å²) < 4.78 is 0. The molecule has 2 aliphatic carbocycles. The van der Waals surface area contributed by atoms with E-state index in [0.717, 1.165) is 12.8 Å². The number of carbonyl (C=O) groups excluding carboxylic acids is 1. The first kappa shape index (κ1) is 10.4. The lowest BCUT2D eigenvalue weighted by atomic mass is 10.1. The van der Waals surface area contributed by atoms with Gasteiger partial charge in [0.25, 0.3) is 0 Å². The lowest BCUT2D eigenvalue weighted by molar-refractivity contribution is -0.139. The van der Waals surface area contributed by atoms with Crippen molar-refractivity contribution in [2.45, 2.75) is 26.7 Å². The highest BCUT2D eigenvalue weighted by molar-refractivity contribution is 5.93. The van der Waals surface area contributed by atoms with Crippen LogP contribution in [0.25, 0.3) is 0 Å². The number of carbonyl (C=O) groups is 2. The molecule has 0 aromatic carbocycles. The van der Waals surface area contributed by atoms with Gasteiger partial charge in [0.2, 0.25) is 0 Å². The van der Waals surface area contributed by atoms with Gasteiger partial charge in [0.1, 0.15) is 0 Å². The molecule has 0 amide bonds. The van der Waals surface area contributed by atoms with Crippen LogP contribution in [0.4, 0.5) is 0 Å². The third-order valence-electron chi connectivity index (χ3n) is 3.62. The average molecular weight is 208 g/mol. The van der Waals surface area contributed by atoms with E-state index in [4.69, 9.17) is 5.11 Å². The molecule has 3 nitrogen and oxygen atoms in total. The van der Waals surface area contributed by atoms with Crippen molar-refractivity contribution >= 4 is 11.8 Å². The molecule has 0 bridgehead atoms. The fourth-order valence-electron chi connectivity index (χ4n) is 2.21. The number of hydrogen-bond acceptors (Lipinski definition) is 2. The number of aliphatic carboxylic acids is 1. The fourth-order valence-corrected chi connectivity index (χ4v) is 2.21. The third-order valence-corrected chi connectivity index (χ3v) is 3.62. The summed E-state index contributed by atoms with van der Waals surface area (Å²) in [5, 5.41) is 8.93. The van der Waals surface area contributed by atoms with E-state index in [1.54, 1.807) is 12.2 Å². The Morgan fingerprint density at radius 1 is 1.33 bits per heavy atom. The summed E-state index contributed by atoms with van der Waals surface area (Å²) in [6.07, 6.45) is 5.38. The molecule has 0 aromatic heterocycles. The van der Waals surface area contributed by atoms with Gasteiger partial charge in [-0.15, -0.1) is 0 Å². The van der Waals surface area contributed by atoms with Gasteiger partial charge in [0, 0.05) is 5.92 Å². The highest BCUT2D eigenvalue weighted by atomic mass is 16.4. The largest absolute Gasteiger partial charge is 0.481 e. The molecule has 0 aromatic rings. The molecule has 82 valence electrons. The van der Waals surface area contributed by atoms with Crippen LogP contribution in [-0.4, -0.2) is 16.9 Å². The summed E-state index contributed by atoms with van der Waals surface area (Å²) in [5.41, 5.74) is -0.188. The smallest absolute Gasteiger partial charge is 0.307 e. The molecule has 2 rings (SSSR count). The summed E-state index contributed by atoms with van der Waals surface area (Å²) >= 11 is 0. The molecule has 2 fully saturated rings. The Labute approximate surface area is 89.2 Å². The number of carboxylic acids is 1. The van der Waals surface area contributed by atoms with Crippen LogP contribution in [0.1, 0.15) is 26.7 Å². The highest BCUT2D eigenvalue weighted by Crippen LogP contribution is 2.59. The number of hydrogen-bond donors (Lipinski definition) is 1. The SMILES string of the molecule is CC1(C)C(C=CC(=O)C2CC2)C1C(=O)O. The van der Waals surface area contributed by atoms with Gasteiger partial charge < -0.3 is 5.11 Å². The number of allylic oxidation sites excluding steroid dienone is 2. The Morgan fingerprint density at radius 2 is 1.93 bits per heavy atom. The summed E-state index contributed by atoms with van der Waals surface area (Å²) in [4.78, 5) is 22.3. The van der Waals surface area contributed by atoms with Crippen molar-refractivity contribution in [3.8, 4) is 0 Å². The standard InChI is InChI=1S/C12H16O3/c1-12(2)8(10(12)11(14)15)5-6-9(13)7-3-4-7/h5-8,10H,3-4H2,1-2H3,(H,14,15). The van der Waals surface area contributed by atoms with Crippen molar-refractivity contribution in [3.63, 3.8) is 0 Å². The van der Waals surface area contributed by atoms with Gasteiger partial charge in [-0.25, -0.2) is 0 Å². The van der Waals surface area contributed by atoms with Crippen LogP contribution in [0, 0.1) is 23.2 Å². The molecule has 1 N–H and O–H groups in total. The fraction of sp³-hybridized carbons (Fsp3) is 0.667. The monoisotopic (exact) mass is 208 g/mol. The van der Waals surface area contributed by atoms with Gasteiger partial charge in [-0.05, 0) is 30.3 Å². The van der Waals surface area contributed by atoms with E-state index < -0.39 is 5.97 Å². The molecular weight excluding hydrogens is 192 g/mol. The van der Waals surface area contributed by atoms with Crippen molar-refractivity contribution < 1.29 is 14.7 Å². The van der Waals surface area contributed by atoms with Gasteiger partial charge in [-0.1, -0.05) is 19.9 Å². The quantitative estimate of drug-likeness (QED) is 0.718. The maximum atomic E-state index is 11.4. The molecule has 0 saturated heterocycles. The number of rotatable bonds is 4. The topological polar surface area (TPSA) is 54.4 Å². The lowest BCUT2D eigenvalue weighted by Crippen LogP contribution is -2.03. The van der Waals surface area contributed by atoms with Crippen molar-refractivity contribution in [1.82, 2.24) is 0 Å². The Morgan fingerprint density at radius 3 is 2.33 bits per heavy atom. The third kappa shape index (κ3) is 1.83. The molecule has 2 atom stereocenters. The Balaban J connectivity index is 1.96. The van der Waals surface area contributed by atoms with Crippen molar-refractivity contribution in [2.75, 3.05) is 0 Å². The first-order valence-corrected chi connectivity index (χ1v) is 5.39. The molecule has 2 saturated carbocycles. The maximum absolute atomic E-state index is 11.4. The van der Waals surface area contributed by atoms with Gasteiger partial charge in [-0.2, -0.15) is 0 Å². The van der Waals surface area contributed by atoms with Crippen LogP contribution in [0.15, 0.2) is 12.2 Å². The zero-order valence-corrected chi connectivity index (χ0v) is 9.06. The number of ketones is 1. The van der Waals surface area contributed by atoms with E-state index in [2.05, 4.69) is 0 Å². The lowest BCUT2D eigenvalue weighted by Gasteiger charge is -1.96. The van der Waals surface area contributed by atoms with Crippen LogP contribution < -0.4 is 0 Å². The Kier molecular flexibility index (Phi) is 2.21. The minimum absolute atomic E-state index is 0.0256. The predicted molar refractivity (Wildman–Crippen MR) is 55.3 cm³/mol.